The van der Waals surface area contributed by atoms with Gasteiger partial charge in [-0.05, 0) is 61.0 Å². The Morgan fingerprint density at radius 3 is 2.57 bits per heavy atom. The molecule has 30 heavy (non-hydrogen) atoms. The molecular formula is C24H20ClN3O2. The second kappa shape index (κ2) is 8.84. The molecule has 6 heteroatoms. The molecule has 0 bridgehead atoms. The predicted molar refractivity (Wildman–Crippen MR) is 120 cm³/mol. The van der Waals surface area contributed by atoms with Crippen molar-refractivity contribution in [2.24, 2.45) is 0 Å². The van der Waals surface area contributed by atoms with Crippen molar-refractivity contribution in [3.05, 3.63) is 101 Å². The van der Waals surface area contributed by atoms with Crippen LogP contribution < -0.4 is 10.6 Å². The van der Waals surface area contributed by atoms with Gasteiger partial charge in [0.25, 0.3) is 5.91 Å². The number of halogens is 1. The zero-order valence-electron chi connectivity index (χ0n) is 16.4. The van der Waals surface area contributed by atoms with Crippen LogP contribution in [0.25, 0.3) is 11.3 Å². The van der Waals surface area contributed by atoms with Gasteiger partial charge in [-0.3, -0.25) is 4.79 Å². The number of carbonyl (C=O) groups excluding carboxylic acids is 1. The van der Waals surface area contributed by atoms with Crippen LogP contribution in [0.5, 0.6) is 0 Å². The van der Waals surface area contributed by atoms with Crippen LogP contribution in [0.3, 0.4) is 0 Å². The fourth-order valence-electron chi connectivity index (χ4n) is 2.99. The molecule has 2 N–H and O–H groups in total. The summed E-state index contributed by atoms with van der Waals surface area (Å²) < 4.78 is 5.83. The summed E-state index contributed by atoms with van der Waals surface area (Å²) in [5.41, 5.74) is 4.11. The molecule has 150 valence electrons. The maximum absolute atomic E-state index is 12.6. The Bertz CT molecular complexity index is 1150. The Balaban J connectivity index is 1.44. The Labute approximate surface area is 179 Å². The minimum atomic E-state index is -0.162. The maximum atomic E-state index is 12.6. The number of benzene rings is 3. The summed E-state index contributed by atoms with van der Waals surface area (Å²) in [6.07, 6.45) is 1.69. The number of amides is 1. The van der Waals surface area contributed by atoms with Gasteiger partial charge in [0.2, 0.25) is 5.89 Å². The predicted octanol–water partition coefficient (Wildman–Crippen LogP) is 6.17. The van der Waals surface area contributed by atoms with E-state index in [1.165, 1.54) is 0 Å². The number of aromatic nitrogens is 1. The van der Waals surface area contributed by atoms with Gasteiger partial charge in [-0.2, -0.15) is 0 Å². The van der Waals surface area contributed by atoms with Crippen molar-refractivity contribution < 1.29 is 9.21 Å². The molecule has 0 saturated carbocycles. The van der Waals surface area contributed by atoms with Gasteiger partial charge < -0.3 is 15.1 Å². The monoisotopic (exact) mass is 417 g/mol. The fourth-order valence-corrected chi connectivity index (χ4v) is 3.11. The highest BCUT2D eigenvalue weighted by molar-refractivity contribution is 6.30. The van der Waals surface area contributed by atoms with Gasteiger partial charge in [0.1, 0.15) is 0 Å². The lowest BCUT2D eigenvalue weighted by molar-refractivity contribution is 0.102. The largest absolute Gasteiger partial charge is 0.439 e. The second-order valence-corrected chi connectivity index (χ2v) is 7.26. The molecule has 5 nitrogen and oxygen atoms in total. The Morgan fingerprint density at radius 1 is 1.03 bits per heavy atom. The van der Waals surface area contributed by atoms with Crippen LogP contribution in [0.4, 0.5) is 11.4 Å². The van der Waals surface area contributed by atoms with Gasteiger partial charge in [-0.15, -0.1) is 0 Å². The van der Waals surface area contributed by atoms with Crippen LogP contribution in [0.2, 0.25) is 5.02 Å². The zero-order valence-corrected chi connectivity index (χ0v) is 17.1. The molecule has 0 aliphatic heterocycles. The fraction of sp³-hybridized carbons (Fsp3) is 0.0833. The molecule has 3 aromatic carbocycles. The first kappa shape index (κ1) is 19.7. The first-order valence-corrected chi connectivity index (χ1v) is 9.88. The van der Waals surface area contributed by atoms with E-state index >= 15 is 0 Å². The highest BCUT2D eigenvalue weighted by Crippen LogP contribution is 2.23. The van der Waals surface area contributed by atoms with Crippen molar-refractivity contribution in [1.29, 1.82) is 0 Å². The van der Waals surface area contributed by atoms with Crippen LogP contribution >= 0.6 is 11.6 Å². The number of anilines is 2. The smallest absolute Gasteiger partial charge is 0.255 e. The first-order valence-electron chi connectivity index (χ1n) is 9.50. The topological polar surface area (TPSA) is 67.2 Å². The highest BCUT2D eigenvalue weighted by atomic mass is 35.5. The quantitative estimate of drug-likeness (QED) is 0.393. The van der Waals surface area contributed by atoms with E-state index in [-0.39, 0.29) is 5.91 Å². The van der Waals surface area contributed by atoms with E-state index in [0.29, 0.717) is 28.8 Å². The molecule has 0 radical (unpaired) electrons. The summed E-state index contributed by atoms with van der Waals surface area (Å²) in [6.45, 7) is 2.38. The normalized spacial score (nSPS) is 10.6. The molecule has 0 atom stereocenters. The van der Waals surface area contributed by atoms with Crippen LogP contribution in [0, 0.1) is 6.92 Å². The zero-order chi connectivity index (χ0) is 20.9. The lowest BCUT2D eigenvalue weighted by Crippen LogP contribution is -2.12. The summed E-state index contributed by atoms with van der Waals surface area (Å²) in [5.74, 6) is 1.07. The number of oxazole rings is 1. The number of hydrogen-bond acceptors (Lipinski definition) is 4. The molecule has 1 aromatic heterocycles. The standard InChI is InChI=1S/C24H20ClN3O2/c1-16-7-8-18(24(29)28-20-5-3-2-4-6-20)13-21(16)26-15-23-27-14-22(30-23)17-9-11-19(25)12-10-17/h2-14,26H,15H2,1H3,(H,28,29). The SMILES string of the molecule is Cc1ccc(C(=O)Nc2ccccc2)cc1NCc1ncc(-c2ccc(Cl)cc2)o1. The van der Waals surface area contributed by atoms with Crippen LogP contribution in [0.1, 0.15) is 21.8 Å². The van der Waals surface area contributed by atoms with Gasteiger partial charge in [-0.1, -0.05) is 35.9 Å². The minimum absolute atomic E-state index is 0.162. The first-order chi connectivity index (χ1) is 14.6. The lowest BCUT2D eigenvalue weighted by Gasteiger charge is -2.11. The van der Waals surface area contributed by atoms with Crippen molar-refractivity contribution in [3.63, 3.8) is 0 Å². The Kier molecular flexibility index (Phi) is 5.82. The van der Waals surface area contributed by atoms with Gasteiger partial charge in [0, 0.05) is 27.5 Å². The van der Waals surface area contributed by atoms with E-state index in [4.69, 9.17) is 16.0 Å². The van der Waals surface area contributed by atoms with Crippen LogP contribution in [0.15, 0.2) is 83.4 Å². The summed E-state index contributed by atoms with van der Waals surface area (Å²) in [6, 6.07) is 22.3. The van der Waals surface area contributed by atoms with E-state index in [9.17, 15) is 4.79 Å². The summed E-state index contributed by atoms with van der Waals surface area (Å²) in [5, 5.41) is 6.88. The van der Waals surface area contributed by atoms with Gasteiger partial charge in [-0.25, -0.2) is 4.98 Å². The number of para-hydroxylation sites is 1. The van der Waals surface area contributed by atoms with E-state index < -0.39 is 0 Å². The molecule has 0 fully saturated rings. The second-order valence-electron chi connectivity index (χ2n) is 6.83. The van der Waals surface area contributed by atoms with E-state index in [0.717, 1.165) is 22.5 Å². The average Bonchev–Trinajstić information content (AvgIpc) is 3.23. The molecule has 0 saturated heterocycles. The van der Waals surface area contributed by atoms with Gasteiger partial charge >= 0.3 is 0 Å². The molecule has 0 spiro atoms. The summed E-state index contributed by atoms with van der Waals surface area (Å²) in [7, 11) is 0. The molecule has 0 aliphatic rings. The van der Waals surface area contributed by atoms with Crippen molar-refractivity contribution in [2.45, 2.75) is 13.5 Å². The van der Waals surface area contributed by atoms with Crippen molar-refractivity contribution >= 4 is 28.9 Å². The number of rotatable bonds is 6. The number of aryl methyl sites for hydroxylation is 1. The third-order valence-corrected chi connectivity index (χ3v) is 4.90. The van der Waals surface area contributed by atoms with Crippen molar-refractivity contribution in [2.75, 3.05) is 10.6 Å². The van der Waals surface area contributed by atoms with Crippen molar-refractivity contribution in [3.8, 4) is 11.3 Å². The Morgan fingerprint density at radius 2 is 1.80 bits per heavy atom. The molecule has 4 rings (SSSR count). The van der Waals surface area contributed by atoms with E-state index in [1.54, 1.807) is 6.20 Å². The van der Waals surface area contributed by atoms with Crippen LogP contribution in [-0.4, -0.2) is 10.9 Å². The van der Waals surface area contributed by atoms with Gasteiger partial charge in [0.05, 0.1) is 12.7 Å². The van der Waals surface area contributed by atoms with Crippen LogP contribution in [-0.2, 0) is 6.54 Å². The molecule has 0 aliphatic carbocycles. The Hall–Kier alpha value is -3.57. The van der Waals surface area contributed by atoms with E-state index in [1.807, 2.05) is 79.7 Å². The number of carbonyl (C=O) groups is 1. The molecule has 0 unspecified atom stereocenters. The summed E-state index contributed by atoms with van der Waals surface area (Å²) in [4.78, 5) is 16.9. The third kappa shape index (κ3) is 4.70. The number of nitrogens with one attached hydrogen (secondary N) is 2. The molecule has 4 aromatic rings. The lowest BCUT2D eigenvalue weighted by atomic mass is 10.1. The average molecular weight is 418 g/mol. The molecule has 1 heterocycles. The van der Waals surface area contributed by atoms with Gasteiger partial charge in [0.15, 0.2) is 5.76 Å². The minimum Gasteiger partial charge on any atom is -0.439 e. The number of nitrogens with zero attached hydrogens (tertiary/aromatic N) is 1. The molecular weight excluding hydrogens is 398 g/mol. The van der Waals surface area contributed by atoms with E-state index in [2.05, 4.69) is 15.6 Å². The third-order valence-electron chi connectivity index (χ3n) is 4.64. The molecule has 1 amide bonds. The summed E-state index contributed by atoms with van der Waals surface area (Å²) >= 11 is 5.93. The number of hydrogen-bond donors (Lipinski definition) is 2. The van der Waals surface area contributed by atoms with Crippen molar-refractivity contribution in [1.82, 2.24) is 4.98 Å². The maximum Gasteiger partial charge on any atom is 0.255 e. The highest BCUT2D eigenvalue weighted by Gasteiger charge is 2.10.